The Labute approximate surface area is 80.0 Å². The lowest BCUT2D eigenvalue weighted by Gasteiger charge is -2.02. The lowest BCUT2D eigenvalue weighted by Crippen LogP contribution is -1.90. The van der Waals surface area contributed by atoms with Gasteiger partial charge in [0.05, 0.1) is 6.20 Å². The summed E-state index contributed by atoms with van der Waals surface area (Å²) in [6.07, 6.45) is 2.18. The Hall–Kier alpha value is -1.77. The molecule has 1 aromatic heterocycles. The summed E-state index contributed by atoms with van der Waals surface area (Å²) >= 11 is 0. The lowest BCUT2D eigenvalue weighted by atomic mass is 10.1. The fourth-order valence-corrected chi connectivity index (χ4v) is 1.24. The van der Waals surface area contributed by atoms with E-state index in [9.17, 15) is 8.78 Å². The average Bonchev–Trinajstić information content (AvgIpc) is 2.23. The molecule has 1 aromatic carbocycles. The van der Waals surface area contributed by atoms with Gasteiger partial charge in [0.2, 0.25) is 0 Å². The zero-order valence-electron chi connectivity index (χ0n) is 7.24. The number of nitrogens with zero attached hydrogens (tertiary/aromatic N) is 1. The van der Waals surface area contributed by atoms with Crippen LogP contribution in [0.5, 0.6) is 0 Å². The monoisotopic (exact) mass is 191 g/mol. The molecular weight excluding hydrogens is 184 g/mol. The zero-order chi connectivity index (χ0) is 9.97. The summed E-state index contributed by atoms with van der Waals surface area (Å²) in [4.78, 5) is 3.61. The molecule has 14 heavy (non-hydrogen) atoms. The first-order chi connectivity index (χ1) is 6.79. The van der Waals surface area contributed by atoms with Gasteiger partial charge in [0.25, 0.3) is 0 Å². The van der Waals surface area contributed by atoms with Crippen molar-refractivity contribution in [1.29, 1.82) is 0 Å². The summed E-state index contributed by atoms with van der Waals surface area (Å²) in [5.74, 6) is -1.78. The van der Waals surface area contributed by atoms with Gasteiger partial charge in [0.1, 0.15) is 0 Å². The van der Waals surface area contributed by atoms with Crippen molar-refractivity contribution in [2.45, 2.75) is 0 Å². The topological polar surface area (TPSA) is 12.9 Å². The molecule has 0 N–H and O–H groups in total. The van der Waals surface area contributed by atoms with Gasteiger partial charge in [0, 0.05) is 11.8 Å². The Kier molecular flexibility index (Phi) is 2.23. The van der Waals surface area contributed by atoms with E-state index in [-0.39, 0.29) is 5.56 Å². The number of rotatable bonds is 1. The van der Waals surface area contributed by atoms with Gasteiger partial charge in [-0.15, -0.1) is 0 Å². The average molecular weight is 191 g/mol. The normalized spacial score (nSPS) is 10.1. The Bertz CT molecular complexity index is 440. The maximum Gasteiger partial charge on any atom is 0.177 e. The molecular formula is C11H7F2N. The molecule has 0 unspecified atom stereocenters. The van der Waals surface area contributed by atoms with Gasteiger partial charge in [-0.2, -0.15) is 0 Å². The van der Waals surface area contributed by atoms with Crippen molar-refractivity contribution in [2.24, 2.45) is 0 Å². The van der Waals surface area contributed by atoms with Gasteiger partial charge in [-0.05, 0) is 5.56 Å². The van der Waals surface area contributed by atoms with Crippen LogP contribution in [0.1, 0.15) is 0 Å². The number of hydrogen-bond acceptors (Lipinski definition) is 1. The summed E-state index contributed by atoms with van der Waals surface area (Å²) in [5, 5.41) is 0. The molecule has 70 valence electrons. The molecule has 0 fully saturated rings. The molecule has 0 bridgehead atoms. The third kappa shape index (κ3) is 1.48. The summed E-state index contributed by atoms with van der Waals surface area (Å²) in [7, 11) is 0. The Morgan fingerprint density at radius 3 is 2.36 bits per heavy atom. The van der Waals surface area contributed by atoms with E-state index < -0.39 is 11.6 Å². The third-order valence-corrected chi connectivity index (χ3v) is 1.92. The van der Waals surface area contributed by atoms with Crippen LogP contribution in [-0.2, 0) is 0 Å². The van der Waals surface area contributed by atoms with Crippen molar-refractivity contribution >= 4 is 0 Å². The first kappa shape index (κ1) is 8.81. The highest BCUT2D eigenvalue weighted by atomic mass is 19.2. The second-order valence-electron chi connectivity index (χ2n) is 2.85. The van der Waals surface area contributed by atoms with E-state index in [0.29, 0.717) is 5.56 Å². The van der Waals surface area contributed by atoms with Crippen LogP contribution in [0, 0.1) is 11.6 Å². The molecule has 0 aliphatic carbocycles. The van der Waals surface area contributed by atoms with Gasteiger partial charge >= 0.3 is 0 Å². The Morgan fingerprint density at radius 2 is 1.64 bits per heavy atom. The van der Waals surface area contributed by atoms with E-state index in [1.807, 2.05) is 6.07 Å². The standard InChI is InChI=1S/C11H7F2N/c12-10-7-14-6-9(11(10)13)8-4-2-1-3-5-8/h1-7H. The Morgan fingerprint density at radius 1 is 0.929 bits per heavy atom. The minimum Gasteiger partial charge on any atom is -0.261 e. The van der Waals surface area contributed by atoms with Crippen molar-refractivity contribution in [3.05, 3.63) is 54.4 Å². The molecule has 0 atom stereocenters. The van der Waals surface area contributed by atoms with Crippen LogP contribution >= 0.6 is 0 Å². The van der Waals surface area contributed by atoms with Crippen molar-refractivity contribution in [3.8, 4) is 11.1 Å². The highest BCUT2D eigenvalue weighted by molar-refractivity contribution is 5.62. The van der Waals surface area contributed by atoms with Gasteiger partial charge in [-0.3, -0.25) is 4.98 Å². The molecule has 0 saturated heterocycles. The summed E-state index contributed by atoms with van der Waals surface area (Å²) in [6, 6.07) is 8.76. The molecule has 0 amide bonds. The first-order valence-electron chi connectivity index (χ1n) is 4.13. The number of hydrogen-bond donors (Lipinski definition) is 0. The summed E-state index contributed by atoms with van der Waals surface area (Å²) < 4.78 is 26.1. The maximum absolute atomic E-state index is 13.3. The van der Waals surface area contributed by atoms with E-state index in [2.05, 4.69) is 4.98 Å². The fraction of sp³-hybridized carbons (Fsp3) is 0. The van der Waals surface area contributed by atoms with Crippen molar-refractivity contribution in [3.63, 3.8) is 0 Å². The second kappa shape index (κ2) is 3.54. The quantitative estimate of drug-likeness (QED) is 0.675. The molecule has 2 aromatic rings. The van der Waals surface area contributed by atoms with E-state index in [4.69, 9.17) is 0 Å². The van der Waals surface area contributed by atoms with Crippen LogP contribution < -0.4 is 0 Å². The largest absolute Gasteiger partial charge is 0.261 e. The van der Waals surface area contributed by atoms with Crippen LogP contribution in [0.4, 0.5) is 8.78 Å². The minimum atomic E-state index is -0.925. The highest BCUT2D eigenvalue weighted by Crippen LogP contribution is 2.22. The predicted octanol–water partition coefficient (Wildman–Crippen LogP) is 3.03. The minimum absolute atomic E-state index is 0.186. The Balaban J connectivity index is 2.58. The van der Waals surface area contributed by atoms with Crippen molar-refractivity contribution in [2.75, 3.05) is 0 Å². The van der Waals surface area contributed by atoms with Crippen LogP contribution in [0.25, 0.3) is 11.1 Å². The molecule has 1 nitrogen and oxygen atoms in total. The van der Waals surface area contributed by atoms with E-state index in [1.165, 1.54) is 6.20 Å². The fourth-order valence-electron chi connectivity index (χ4n) is 1.24. The van der Waals surface area contributed by atoms with E-state index in [1.54, 1.807) is 24.3 Å². The van der Waals surface area contributed by atoms with Crippen LogP contribution in [0.3, 0.4) is 0 Å². The molecule has 0 saturated carbocycles. The summed E-state index contributed by atoms with van der Waals surface area (Å²) in [6.45, 7) is 0. The molecule has 0 spiro atoms. The van der Waals surface area contributed by atoms with Gasteiger partial charge in [-0.25, -0.2) is 8.78 Å². The summed E-state index contributed by atoms with van der Waals surface area (Å²) in [5.41, 5.74) is 0.808. The number of halogens is 2. The third-order valence-electron chi connectivity index (χ3n) is 1.92. The van der Waals surface area contributed by atoms with Crippen molar-refractivity contribution < 1.29 is 8.78 Å². The molecule has 1 heterocycles. The van der Waals surface area contributed by atoms with Crippen LogP contribution in [0.2, 0.25) is 0 Å². The SMILES string of the molecule is Fc1cncc(-c2ccccc2)c1F. The van der Waals surface area contributed by atoms with Crippen molar-refractivity contribution in [1.82, 2.24) is 4.98 Å². The van der Waals surface area contributed by atoms with Gasteiger partial charge in [-0.1, -0.05) is 30.3 Å². The number of aromatic nitrogens is 1. The molecule has 2 rings (SSSR count). The molecule has 3 heteroatoms. The number of benzene rings is 1. The van der Waals surface area contributed by atoms with Gasteiger partial charge in [0.15, 0.2) is 11.6 Å². The second-order valence-corrected chi connectivity index (χ2v) is 2.85. The smallest absolute Gasteiger partial charge is 0.177 e. The molecule has 0 aliphatic rings. The zero-order valence-corrected chi connectivity index (χ0v) is 7.24. The molecule has 0 aliphatic heterocycles. The molecule has 0 radical (unpaired) electrons. The maximum atomic E-state index is 13.3. The van der Waals surface area contributed by atoms with E-state index >= 15 is 0 Å². The first-order valence-corrected chi connectivity index (χ1v) is 4.13. The van der Waals surface area contributed by atoms with Gasteiger partial charge < -0.3 is 0 Å². The number of pyridine rings is 1. The predicted molar refractivity (Wildman–Crippen MR) is 49.6 cm³/mol. The highest BCUT2D eigenvalue weighted by Gasteiger charge is 2.09. The van der Waals surface area contributed by atoms with Crippen LogP contribution in [0.15, 0.2) is 42.7 Å². The van der Waals surface area contributed by atoms with Crippen LogP contribution in [-0.4, -0.2) is 4.98 Å². The van der Waals surface area contributed by atoms with E-state index in [0.717, 1.165) is 6.20 Å². The lowest BCUT2D eigenvalue weighted by molar-refractivity contribution is 0.506.